The van der Waals surface area contributed by atoms with Crippen LogP contribution >= 0.6 is 0 Å². The number of carboxylic acid groups (broad SMARTS) is 1. The Labute approximate surface area is 133 Å². The fourth-order valence-electron chi connectivity index (χ4n) is 2.18. The molecule has 0 aliphatic rings. The first-order chi connectivity index (χ1) is 11.0. The van der Waals surface area contributed by atoms with E-state index >= 15 is 0 Å². The van der Waals surface area contributed by atoms with Crippen molar-refractivity contribution in [3.63, 3.8) is 0 Å². The fraction of sp³-hybridized carbons (Fsp3) is 0.167. The molecule has 0 saturated heterocycles. The molecule has 0 atom stereocenters. The SMILES string of the molecule is CC(=O)c1ccc(OCc2cccc(CC(=O)O)c2)cc1C#N. The van der Waals surface area contributed by atoms with E-state index in [2.05, 4.69) is 0 Å². The number of carbonyl (C=O) groups is 2. The van der Waals surface area contributed by atoms with E-state index in [9.17, 15) is 9.59 Å². The van der Waals surface area contributed by atoms with Gasteiger partial charge in [0.25, 0.3) is 0 Å². The Balaban J connectivity index is 2.11. The summed E-state index contributed by atoms with van der Waals surface area (Å²) in [5, 5.41) is 17.9. The number of Topliss-reactive ketones (excluding diaryl/α,β-unsaturated/α-hetero) is 1. The minimum Gasteiger partial charge on any atom is -0.489 e. The molecule has 0 heterocycles. The lowest BCUT2D eigenvalue weighted by Gasteiger charge is -2.09. The zero-order chi connectivity index (χ0) is 16.8. The van der Waals surface area contributed by atoms with Crippen molar-refractivity contribution < 1.29 is 19.4 Å². The monoisotopic (exact) mass is 309 g/mol. The zero-order valence-electron chi connectivity index (χ0n) is 12.6. The summed E-state index contributed by atoms with van der Waals surface area (Å²) in [4.78, 5) is 22.1. The van der Waals surface area contributed by atoms with Crippen LogP contribution in [0.25, 0.3) is 0 Å². The van der Waals surface area contributed by atoms with Crippen molar-refractivity contribution in [1.29, 1.82) is 5.26 Å². The van der Waals surface area contributed by atoms with Gasteiger partial charge in [0.2, 0.25) is 0 Å². The summed E-state index contributed by atoms with van der Waals surface area (Å²) in [6.45, 7) is 1.66. The quantitative estimate of drug-likeness (QED) is 0.829. The van der Waals surface area contributed by atoms with Crippen LogP contribution in [0.15, 0.2) is 42.5 Å². The molecule has 0 aliphatic carbocycles. The van der Waals surface area contributed by atoms with Crippen LogP contribution in [-0.2, 0) is 17.8 Å². The molecule has 0 amide bonds. The average Bonchev–Trinajstić information content (AvgIpc) is 2.52. The van der Waals surface area contributed by atoms with Crippen LogP contribution in [0, 0.1) is 11.3 Å². The average molecular weight is 309 g/mol. The summed E-state index contributed by atoms with van der Waals surface area (Å²) in [5.41, 5.74) is 2.17. The van der Waals surface area contributed by atoms with Crippen LogP contribution in [0.2, 0.25) is 0 Å². The van der Waals surface area contributed by atoms with Gasteiger partial charge in [0, 0.05) is 5.56 Å². The van der Waals surface area contributed by atoms with Gasteiger partial charge in [0.05, 0.1) is 12.0 Å². The van der Waals surface area contributed by atoms with Crippen LogP contribution in [0.4, 0.5) is 0 Å². The maximum absolute atomic E-state index is 11.4. The summed E-state index contributed by atoms with van der Waals surface area (Å²) >= 11 is 0. The number of carboxylic acids is 1. The molecule has 0 aliphatic heterocycles. The molecular weight excluding hydrogens is 294 g/mol. The summed E-state index contributed by atoms with van der Waals surface area (Å²) in [5.74, 6) is -0.578. The number of hydrogen-bond donors (Lipinski definition) is 1. The van der Waals surface area contributed by atoms with Gasteiger partial charge in [-0.3, -0.25) is 9.59 Å². The second-order valence-corrected chi connectivity index (χ2v) is 5.05. The highest BCUT2D eigenvalue weighted by Gasteiger charge is 2.09. The molecule has 0 saturated carbocycles. The van der Waals surface area contributed by atoms with Gasteiger partial charge < -0.3 is 9.84 Å². The van der Waals surface area contributed by atoms with Crippen molar-refractivity contribution >= 4 is 11.8 Å². The molecule has 5 nitrogen and oxygen atoms in total. The number of rotatable bonds is 6. The van der Waals surface area contributed by atoms with Gasteiger partial charge in [0.15, 0.2) is 5.78 Å². The Bertz CT molecular complexity index is 790. The second-order valence-electron chi connectivity index (χ2n) is 5.05. The van der Waals surface area contributed by atoms with Gasteiger partial charge >= 0.3 is 5.97 Å². The molecule has 1 N–H and O–H groups in total. The van der Waals surface area contributed by atoms with E-state index in [4.69, 9.17) is 15.1 Å². The van der Waals surface area contributed by atoms with Gasteiger partial charge in [-0.2, -0.15) is 5.26 Å². The number of aliphatic carboxylic acids is 1. The van der Waals surface area contributed by atoms with E-state index in [1.165, 1.54) is 13.0 Å². The minimum atomic E-state index is -0.887. The molecule has 0 radical (unpaired) electrons. The van der Waals surface area contributed by atoms with Gasteiger partial charge in [0.1, 0.15) is 18.4 Å². The van der Waals surface area contributed by atoms with Gasteiger partial charge in [-0.25, -0.2) is 0 Å². The van der Waals surface area contributed by atoms with Crippen LogP contribution in [0.1, 0.15) is 34.0 Å². The molecule has 0 spiro atoms. The predicted molar refractivity (Wildman–Crippen MR) is 83.3 cm³/mol. The van der Waals surface area contributed by atoms with E-state index in [1.807, 2.05) is 12.1 Å². The molecule has 0 aromatic heterocycles. The Morgan fingerprint density at radius 1 is 1.17 bits per heavy atom. The van der Waals surface area contributed by atoms with Gasteiger partial charge in [-0.1, -0.05) is 24.3 Å². The number of ketones is 1. The first-order valence-corrected chi connectivity index (χ1v) is 6.97. The molecule has 0 bridgehead atoms. The number of nitriles is 1. The van der Waals surface area contributed by atoms with Gasteiger partial charge in [-0.15, -0.1) is 0 Å². The first-order valence-electron chi connectivity index (χ1n) is 6.97. The molecule has 23 heavy (non-hydrogen) atoms. The third-order valence-corrected chi connectivity index (χ3v) is 3.24. The maximum atomic E-state index is 11.4. The first kappa shape index (κ1) is 16.2. The largest absolute Gasteiger partial charge is 0.489 e. The Hall–Kier alpha value is -3.13. The molecule has 0 fully saturated rings. The number of hydrogen-bond acceptors (Lipinski definition) is 4. The predicted octanol–water partition coefficient (Wildman–Crippen LogP) is 2.97. The summed E-state index contributed by atoms with van der Waals surface area (Å²) in [6.07, 6.45) is -0.0419. The summed E-state index contributed by atoms with van der Waals surface area (Å²) in [6, 6.07) is 13.8. The van der Waals surface area contributed by atoms with Crippen molar-refractivity contribution in [2.24, 2.45) is 0 Å². The van der Waals surface area contributed by atoms with Crippen molar-refractivity contribution in [1.82, 2.24) is 0 Å². The minimum absolute atomic E-state index is 0.0419. The molecule has 2 aromatic rings. The standard InChI is InChI=1S/C18H15NO4/c1-12(20)17-6-5-16(9-15(17)10-19)23-11-14-4-2-3-13(7-14)8-18(21)22/h2-7,9H,8,11H2,1H3,(H,21,22). The van der Waals surface area contributed by atoms with E-state index in [1.54, 1.807) is 30.3 Å². The van der Waals surface area contributed by atoms with Crippen LogP contribution < -0.4 is 4.74 Å². The van der Waals surface area contributed by atoms with E-state index in [0.29, 0.717) is 16.9 Å². The fourth-order valence-corrected chi connectivity index (χ4v) is 2.18. The molecule has 0 unspecified atom stereocenters. The lowest BCUT2D eigenvalue weighted by Crippen LogP contribution is -2.02. The highest BCUT2D eigenvalue weighted by Crippen LogP contribution is 2.19. The number of nitrogens with zero attached hydrogens (tertiary/aromatic N) is 1. The van der Waals surface area contributed by atoms with Crippen molar-refractivity contribution in [3.8, 4) is 11.8 Å². The Kier molecular flexibility index (Phi) is 5.11. The van der Waals surface area contributed by atoms with Crippen LogP contribution in [0.3, 0.4) is 0 Å². The summed E-state index contributed by atoms with van der Waals surface area (Å²) in [7, 11) is 0. The van der Waals surface area contributed by atoms with Crippen molar-refractivity contribution in [2.75, 3.05) is 0 Å². The normalized spacial score (nSPS) is 9.91. The van der Waals surface area contributed by atoms with Gasteiger partial charge in [-0.05, 0) is 36.2 Å². The highest BCUT2D eigenvalue weighted by molar-refractivity contribution is 5.96. The molecule has 2 rings (SSSR count). The summed E-state index contributed by atoms with van der Waals surface area (Å²) < 4.78 is 5.62. The topological polar surface area (TPSA) is 87.4 Å². The third-order valence-electron chi connectivity index (χ3n) is 3.24. The Morgan fingerprint density at radius 3 is 2.57 bits per heavy atom. The lowest BCUT2D eigenvalue weighted by atomic mass is 10.1. The second kappa shape index (κ2) is 7.23. The van der Waals surface area contributed by atoms with E-state index in [0.717, 1.165) is 5.56 Å². The number of carbonyl (C=O) groups excluding carboxylic acids is 1. The molecular formula is C18H15NO4. The molecule has 5 heteroatoms. The highest BCUT2D eigenvalue weighted by atomic mass is 16.5. The van der Waals surface area contributed by atoms with Crippen molar-refractivity contribution in [3.05, 3.63) is 64.7 Å². The third kappa shape index (κ3) is 4.42. The van der Waals surface area contributed by atoms with Crippen LogP contribution in [-0.4, -0.2) is 16.9 Å². The maximum Gasteiger partial charge on any atom is 0.307 e. The smallest absolute Gasteiger partial charge is 0.307 e. The van der Waals surface area contributed by atoms with Crippen LogP contribution in [0.5, 0.6) is 5.75 Å². The lowest BCUT2D eigenvalue weighted by molar-refractivity contribution is -0.136. The zero-order valence-corrected chi connectivity index (χ0v) is 12.6. The number of ether oxygens (including phenoxy) is 1. The Morgan fingerprint density at radius 2 is 1.91 bits per heavy atom. The molecule has 2 aromatic carbocycles. The number of benzene rings is 2. The van der Waals surface area contributed by atoms with E-state index in [-0.39, 0.29) is 24.4 Å². The molecule has 116 valence electrons. The van der Waals surface area contributed by atoms with E-state index < -0.39 is 5.97 Å². The van der Waals surface area contributed by atoms with Crippen molar-refractivity contribution in [2.45, 2.75) is 20.0 Å².